The maximum absolute atomic E-state index is 12.9. The van der Waals surface area contributed by atoms with Gasteiger partial charge in [0.15, 0.2) is 0 Å². The summed E-state index contributed by atoms with van der Waals surface area (Å²) >= 11 is 17.4. The quantitative estimate of drug-likeness (QED) is 0.655. The third kappa shape index (κ3) is 3.66. The van der Waals surface area contributed by atoms with E-state index >= 15 is 0 Å². The first kappa shape index (κ1) is 16.9. The van der Waals surface area contributed by atoms with Crippen molar-refractivity contribution in [2.45, 2.75) is 6.18 Å². The van der Waals surface area contributed by atoms with Crippen LogP contribution in [-0.2, 0) is 6.18 Å². The van der Waals surface area contributed by atoms with E-state index in [9.17, 15) is 18.0 Å². The van der Waals surface area contributed by atoms with E-state index in [0.717, 1.165) is 12.1 Å². The smallest absolute Gasteiger partial charge is 0.321 e. The topological polar surface area (TPSA) is 29.1 Å². The molecular weight excluding hydrogens is 362 g/mol. The van der Waals surface area contributed by atoms with E-state index in [4.69, 9.17) is 34.8 Å². The second-order valence-corrected chi connectivity index (χ2v) is 5.47. The van der Waals surface area contributed by atoms with Gasteiger partial charge < -0.3 is 5.32 Å². The number of halogens is 6. The van der Waals surface area contributed by atoms with Crippen LogP contribution in [0.4, 0.5) is 18.9 Å². The number of anilines is 1. The van der Waals surface area contributed by atoms with Gasteiger partial charge in [0.1, 0.15) is 0 Å². The number of hydrogen-bond acceptors (Lipinski definition) is 1. The summed E-state index contributed by atoms with van der Waals surface area (Å²) < 4.78 is 38.7. The van der Waals surface area contributed by atoms with E-state index in [-0.39, 0.29) is 20.8 Å². The Bertz CT molecular complexity index is 732. The van der Waals surface area contributed by atoms with Crippen molar-refractivity contribution in [3.8, 4) is 0 Å². The summed E-state index contributed by atoms with van der Waals surface area (Å²) in [5.41, 5.74) is -1.49. The zero-order valence-electron chi connectivity index (χ0n) is 10.6. The number of hydrogen-bond donors (Lipinski definition) is 1. The Morgan fingerprint density at radius 1 is 0.955 bits per heavy atom. The Morgan fingerprint density at radius 2 is 1.55 bits per heavy atom. The minimum absolute atomic E-state index is 0.0623. The van der Waals surface area contributed by atoms with Gasteiger partial charge in [0.25, 0.3) is 5.91 Å². The van der Waals surface area contributed by atoms with Crippen molar-refractivity contribution in [1.82, 2.24) is 0 Å². The Balaban J connectivity index is 2.37. The molecule has 2 aromatic rings. The molecule has 2 nitrogen and oxygen atoms in total. The maximum Gasteiger partial charge on any atom is 0.417 e. The molecule has 0 aliphatic rings. The lowest BCUT2D eigenvalue weighted by Gasteiger charge is -2.13. The fourth-order valence-corrected chi connectivity index (χ4v) is 2.33. The molecule has 0 radical (unpaired) electrons. The molecule has 0 saturated carbocycles. The summed E-state index contributed by atoms with van der Waals surface area (Å²) in [6, 6.07) is 6.98. The van der Waals surface area contributed by atoms with Crippen LogP contribution in [0.25, 0.3) is 0 Å². The van der Waals surface area contributed by atoms with E-state index in [2.05, 4.69) is 5.32 Å². The van der Waals surface area contributed by atoms with Gasteiger partial charge in [0.2, 0.25) is 0 Å². The third-order valence-corrected chi connectivity index (χ3v) is 3.77. The standard InChI is InChI=1S/C14H7Cl3F3NO/c15-9-5-11(17)12(6-10(9)16)21-13(22)7-3-1-2-4-8(7)14(18,19)20/h1-6H,(H,21,22). The van der Waals surface area contributed by atoms with E-state index in [0.29, 0.717) is 0 Å². The third-order valence-electron chi connectivity index (χ3n) is 2.74. The first-order valence-electron chi connectivity index (χ1n) is 5.82. The molecule has 0 heterocycles. The SMILES string of the molecule is O=C(Nc1cc(Cl)c(Cl)cc1Cl)c1ccccc1C(F)(F)F. The summed E-state index contributed by atoms with van der Waals surface area (Å²) in [7, 11) is 0. The van der Waals surface area contributed by atoms with Crippen LogP contribution in [0.15, 0.2) is 36.4 Å². The molecule has 2 aromatic carbocycles. The van der Waals surface area contributed by atoms with Gasteiger partial charge in [-0.1, -0.05) is 46.9 Å². The molecule has 0 aliphatic heterocycles. The van der Waals surface area contributed by atoms with Gasteiger partial charge in [-0.25, -0.2) is 0 Å². The summed E-state index contributed by atoms with van der Waals surface area (Å²) in [4.78, 5) is 12.1. The van der Waals surface area contributed by atoms with Crippen LogP contribution in [0.3, 0.4) is 0 Å². The van der Waals surface area contributed by atoms with Crippen LogP contribution in [0.2, 0.25) is 15.1 Å². The molecule has 1 N–H and O–H groups in total. The molecule has 0 fully saturated rings. The minimum Gasteiger partial charge on any atom is -0.321 e. The van der Waals surface area contributed by atoms with Crippen molar-refractivity contribution in [3.63, 3.8) is 0 Å². The second kappa shape index (κ2) is 6.36. The summed E-state index contributed by atoms with van der Waals surface area (Å²) in [5, 5.41) is 2.64. The lowest BCUT2D eigenvalue weighted by Crippen LogP contribution is -2.18. The highest BCUT2D eigenvalue weighted by Crippen LogP contribution is 2.34. The molecule has 0 atom stereocenters. The zero-order chi connectivity index (χ0) is 16.5. The lowest BCUT2D eigenvalue weighted by atomic mass is 10.1. The van der Waals surface area contributed by atoms with E-state index < -0.39 is 23.2 Å². The van der Waals surface area contributed by atoms with Gasteiger partial charge in [0.05, 0.1) is 31.9 Å². The number of benzene rings is 2. The fraction of sp³-hybridized carbons (Fsp3) is 0.0714. The molecule has 116 valence electrons. The number of carbonyl (C=O) groups excluding carboxylic acids is 1. The van der Waals surface area contributed by atoms with Gasteiger partial charge >= 0.3 is 6.18 Å². The summed E-state index contributed by atoms with van der Waals surface area (Å²) in [6.07, 6.45) is -4.64. The molecule has 1 amide bonds. The van der Waals surface area contributed by atoms with Crippen molar-refractivity contribution in [2.75, 3.05) is 5.32 Å². The van der Waals surface area contributed by atoms with Crippen LogP contribution in [-0.4, -0.2) is 5.91 Å². The van der Waals surface area contributed by atoms with Crippen molar-refractivity contribution < 1.29 is 18.0 Å². The van der Waals surface area contributed by atoms with Crippen LogP contribution in [0, 0.1) is 0 Å². The van der Waals surface area contributed by atoms with Crippen molar-refractivity contribution in [3.05, 3.63) is 62.6 Å². The molecular formula is C14H7Cl3F3NO. The van der Waals surface area contributed by atoms with Crippen molar-refractivity contribution >= 4 is 46.4 Å². The minimum atomic E-state index is -4.64. The molecule has 0 aromatic heterocycles. The van der Waals surface area contributed by atoms with Crippen LogP contribution in [0.5, 0.6) is 0 Å². The van der Waals surface area contributed by atoms with E-state index in [1.165, 1.54) is 24.3 Å². The highest BCUT2D eigenvalue weighted by atomic mass is 35.5. The normalized spacial score (nSPS) is 11.4. The Labute approximate surface area is 138 Å². The molecule has 0 bridgehead atoms. The predicted molar refractivity (Wildman–Crippen MR) is 80.9 cm³/mol. The van der Waals surface area contributed by atoms with Gasteiger partial charge in [0, 0.05) is 0 Å². The van der Waals surface area contributed by atoms with Crippen molar-refractivity contribution in [2.24, 2.45) is 0 Å². The van der Waals surface area contributed by atoms with Crippen LogP contribution in [0.1, 0.15) is 15.9 Å². The Morgan fingerprint density at radius 3 is 2.18 bits per heavy atom. The summed E-state index contributed by atoms with van der Waals surface area (Å²) in [5.74, 6) is -0.951. The number of nitrogens with one attached hydrogen (secondary N) is 1. The largest absolute Gasteiger partial charge is 0.417 e. The fourth-order valence-electron chi connectivity index (χ4n) is 1.74. The first-order chi connectivity index (χ1) is 10.2. The molecule has 8 heteroatoms. The molecule has 0 unspecified atom stereocenters. The Kier molecular flexibility index (Phi) is 4.90. The molecule has 0 spiro atoms. The number of amides is 1. The average molecular weight is 369 g/mol. The van der Waals surface area contributed by atoms with Gasteiger partial charge in [-0.3, -0.25) is 4.79 Å². The van der Waals surface area contributed by atoms with Gasteiger partial charge in [-0.15, -0.1) is 0 Å². The lowest BCUT2D eigenvalue weighted by molar-refractivity contribution is -0.137. The maximum atomic E-state index is 12.9. The second-order valence-electron chi connectivity index (χ2n) is 4.24. The number of alkyl halides is 3. The summed E-state index contributed by atoms with van der Waals surface area (Å²) in [6.45, 7) is 0. The molecule has 22 heavy (non-hydrogen) atoms. The van der Waals surface area contributed by atoms with Crippen LogP contribution < -0.4 is 5.32 Å². The average Bonchev–Trinajstić information content (AvgIpc) is 2.43. The van der Waals surface area contributed by atoms with Crippen molar-refractivity contribution in [1.29, 1.82) is 0 Å². The van der Waals surface area contributed by atoms with E-state index in [1.807, 2.05) is 0 Å². The predicted octanol–water partition coefficient (Wildman–Crippen LogP) is 5.92. The Hall–Kier alpha value is -1.43. The number of carbonyl (C=O) groups is 1. The highest BCUT2D eigenvalue weighted by Gasteiger charge is 2.34. The number of rotatable bonds is 2. The molecule has 2 rings (SSSR count). The van der Waals surface area contributed by atoms with Gasteiger partial charge in [-0.2, -0.15) is 13.2 Å². The van der Waals surface area contributed by atoms with Gasteiger partial charge in [-0.05, 0) is 24.3 Å². The molecule has 0 aliphatic carbocycles. The first-order valence-corrected chi connectivity index (χ1v) is 6.95. The molecule has 0 saturated heterocycles. The highest BCUT2D eigenvalue weighted by molar-refractivity contribution is 6.44. The van der Waals surface area contributed by atoms with Crippen LogP contribution >= 0.6 is 34.8 Å². The monoisotopic (exact) mass is 367 g/mol. The zero-order valence-corrected chi connectivity index (χ0v) is 12.9. The van der Waals surface area contributed by atoms with E-state index in [1.54, 1.807) is 0 Å².